The Morgan fingerprint density at radius 2 is 1.92 bits per heavy atom. The van der Waals surface area contributed by atoms with Crippen molar-refractivity contribution < 1.29 is 14.1 Å². The van der Waals surface area contributed by atoms with Gasteiger partial charge in [-0.1, -0.05) is 12.1 Å². The number of nitriles is 1. The predicted octanol–water partition coefficient (Wildman–Crippen LogP) is 4.44. The van der Waals surface area contributed by atoms with Gasteiger partial charge in [0.2, 0.25) is 0 Å². The SMILES string of the molecule is Cc1ccc(-c2cc(C#N)cc(-c3c([O-])[n+](Cc4cnc(C)s4)c4c(C)cccn4c3=O)c2)c(F)c1. The maximum Gasteiger partial charge on any atom is 0.349 e. The third kappa shape index (κ3) is 4.04. The van der Waals surface area contributed by atoms with Crippen LogP contribution in [0.25, 0.3) is 27.9 Å². The highest BCUT2D eigenvalue weighted by Gasteiger charge is 2.23. The fourth-order valence-corrected chi connectivity index (χ4v) is 5.22. The van der Waals surface area contributed by atoms with Crippen molar-refractivity contribution >= 4 is 17.0 Å². The van der Waals surface area contributed by atoms with E-state index in [1.807, 2.05) is 19.9 Å². The smallest absolute Gasteiger partial charge is 0.349 e. The number of hydrogen-bond donors (Lipinski definition) is 0. The maximum atomic E-state index is 14.8. The minimum atomic E-state index is -0.499. The van der Waals surface area contributed by atoms with E-state index in [9.17, 15) is 19.6 Å². The average molecular weight is 497 g/mol. The molecule has 0 saturated heterocycles. The van der Waals surface area contributed by atoms with Crippen LogP contribution in [0.3, 0.4) is 0 Å². The topological polar surface area (TPSA) is 85.1 Å². The van der Waals surface area contributed by atoms with Crippen molar-refractivity contribution in [3.8, 4) is 34.2 Å². The van der Waals surface area contributed by atoms with Gasteiger partial charge in [0.1, 0.15) is 17.9 Å². The lowest BCUT2D eigenvalue weighted by Gasteiger charge is -2.18. The third-order valence-corrected chi connectivity index (χ3v) is 6.98. The minimum Gasteiger partial charge on any atom is -0.842 e. The van der Waals surface area contributed by atoms with E-state index >= 15 is 0 Å². The predicted molar refractivity (Wildman–Crippen MR) is 134 cm³/mol. The molecule has 0 aliphatic rings. The summed E-state index contributed by atoms with van der Waals surface area (Å²) in [7, 11) is 0. The van der Waals surface area contributed by atoms with Gasteiger partial charge in [-0.3, -0.25) is 0 Å². The summed E-state index contributed by atoms with van der Waals surface area (Å²) in [6, 6.07) is 15.1. The summed E-state index contributed by atoms with van der Waals surface area (Å²) in [5.74, 6) is -0.925. The molecule has 36 heavy (non-hydrogen) atoms. The Labute approximate surface area is 210 Å². The molecule has 8 heteroatoms. The molecule has 0 fully saturated rings. The van der Waals surface area contributed by atoms with Gasteiger partial charge >= 0.3 is 5.56 Å². The van der Waals surface area contributed by atoms with E-state index in [0.29, 0.717) is 11.2 Å². The monoisotopic (exact) mass is 496 g/mol. The van der Waals surface area contributed by atoms with Crippen LogP contribution in [0, 0.1) is 37.9 Å². The van der Waals surface area contributed by atoms with Crippen LogP contribution in [0.5, 0.6) is 5.88 Å². The molecule has 0 aliphatic carbocycles. The standard InChI is InChI=1S/C28H21FN4O2S/c1-16-6-7-23(24(29)9-16)20-10-19(13-30)11-21(12-20)25-27(34)32-8-4-5-17(2)26(32)33(28(25)35)15-22-14-31-18(3)36-22/h4-12,14H,15H2,1-3H3. The fourth-order valence-electron chi connectivity index (χ4n) is 4.43. The number of hydrogen-bond acceptors (Lipinski definition) is 5. The number of nitrogens with zero attached hydrogens (tertiary/aromatic N) is 4. The Kier molecular flexibility index (Phi) is 5.86. The minimum absolute atomic E-state index is 0.0785. The van der Waals surface area contributed by atoms with E-state index in [1.54, 1.807) is 54.2 Å². The van der Waals surface area contributed by atoms with Gasteiger partial charge in [0.05, 0.1) is 33.6 Å². The Morgan fingerprint density at radius 3 is 2.61 bits per heavy atom. The first-order valence-electron chi connectivity index (χ1n) is 11.2. The molecule has 3 heterocycles. The highest BCUT2D eigenvalue weighted by atomic mass is 32.1. The van der Waals surface area contributed by atoms with Crippen LogP contribution in [-0.4, -0.2) is 9.38 Å². The highest BCUT2D eigenvalue weighted by molar-refractivity contribution is 7.11. The number of halogens is 1. The Balaban J connectivity index is 1.81. The normalized spacial score (nSPS) is 11.1. The molecular formula is C28H21FN4O2S. The molecule has 0 radical (unpaired) electrons. The molecule has 0 spiro atoms. The van der Waals surface area contributed by atoms with Gasteiger partial charge in [-0.15, -0.1) is 11.3 Å². The number of thiazole rings is 1. The van der Waals surface area contributed by atoms with Crippen LogP contribution in [0.1, 0.15) is 26.6 Å². The van der Waals surface area contributed by atoms with Crippen LogP contribution in [-0.2, 0) is 6.54 Å². The van der Waals surface area contributed by atoms with Crippen LogP contribution < -0.4 is 15.2 Å². The second kappa shape index (κ2) is 9.02. The van der Waals surface area contributed by atoms with E-state index in [4.69, 9.17) is 0 Å². The van der Waals surface area contributed by atoms with E-state index in [0.717, 1.165) is 21.0 Å². The number of benzene rings is 2. The zero-order valence-electron chi connectivity index (χ0n) is 19.9. The summed E-state index contributed by atoms with van der Waals surface area (Å²) in [6.07, 6.45) is 3.34. The van der Waals surface area contributed by atoms with Crippen molar-refractivity contribution in [1.29, 1.82) is 5.26 Å². The first-order valence-corrected chi connectivity index (χ1v) is 12.1. The molecule has 5 aromatic rings. The number of pyridine rings is 1. The van der Waals surface area contributed by atoms with Gasteiger partial charge < -0.3 is 5.11 Å². The van der Waals surface area contributed by atoms with Crippen molar-refractivity contribution in [3.63, 3.8) is 0 Å². The lowest BCUT2D eigenvalue weighted by molar-refractivity contribution is -0.707. The quantitative estimate of drug-likeness (QED) is 0.345. The van der Waals surface area contributed by atoms with Crippen molar-refractivity contribution in [2.24, 2.45) is 0 Å². The van der Waals surface area contributed by atoms with Crippen molar-refractivity contribution in [2.75, 3.05) is 0 Å². The summed E-state index contributed by atoms with van der Waals surface area (Å²) < 4.78 is 17.8. The first kappa shape index (κ1) is 23.4. The Hall–Kier alpha value is -4.35. The van der Waals surface area contributed by atoms with E-state index < -0.39 is 17.3 Å². The molecule has 0 amide bonds. The van der Waals surface area contributed by atoms with Crippen LogP contribution >= 0.6 is 11.3 Å². The first-order chi connectivity index (χ1) is 17.3. The summed E-state index contributed by atoms with van der Waals surface area (Å²) in [4.78, 5) is 18.8. The summed E-state index contributed by atoms with van der Waals surface area (Å²) in [5, 5.41) is 24.5. The van der Waals surface area contributed by atoms with Crippen LogP contribution in [0.2, 0.25) is 0 Å². The third-order valence-electron chi connectivity index (χ3n) is 6.08. The molecule has 0 saturated carbocycles. The Morgan fingerprint density at radius 1 is 1.14 bits per heavy atom. The molecule has 5 rings (SSSR count). The molecule has 2 aromatic carbocycles. The van der Waals surface area contributed by atoms with E-state index in [2.05, 4.69) is 11.1 Å². The van der Waals surface area contributed by atoms with Crippen molar-refractivity contribution in [1.82, 2.24) is 9.38 Å². The summed E-state index contributed by atoms with van der Waals surface area (Å²) in [6.45, 7) is 5.76. The van der Waals surface area contributed by atoms with Gasteiger partial charge in [0, 0.05) is 17.3 Å². The van der Waals surface area contributed by atoms with E-state index in [-0.39, 0.29) is 28.8 Å². The zero-order chi connectivity index (χ0) is 25.6. The maximum absolute atomic E-state index is 14.8. The van der Waals surface area contributed by atoms with Crippen LogP contribution in [0.4, 0.5) is 4.39 Å². The van der Waals surface area contributed by atoms with Gasteiger partial charge in [-0.2, -0.15) is 9.66 Å². The van der Waals surface area contributed by atoms with Gasteiger partial charge in [0.15, 0.2) is 0 Å². The number of aromatic nitrogens is 3. The molecular weight excluding hydrogens is 475 g/mol. The molecule has 0 bridgehead atoms. The molecule has 0 N–H and O–H groups in total. The second-order valence-electron chi connectivity index (χ2n) is 8.70. The molecule has 0 atom stereocenters. The van der Waals surface area contributed by atoms with Crippen molar-refractivity contribution in [2.45, 2.75) is 27.3 Å². The highest BCUT2D eigenvalue weighted by Crippen LogP contribution is 2.31. The zero-order valence-corrected chi connectivity index (χ0v) is 20.7. The molecule has 0 unspecified atom stereocenters. The lowest BCUT2D eigenvalue weighted by Crippen LogP contribution is -2.44. The van der Waals surface area contributed by atoms with Crippen LogP contribution in [0.15, 0.2) is 65.7 Å². The van der Waals surface area contributed by atoms with Crippen molar-refractivity contribution in [3.05, 3.63) is 104 Å². The lowest BCUT2D eigenvalue weighted by atomic mass is 9.96. The van der Waals surface area contributed by atoms with E-state index in [1.165, 1.54) is 27.9 Å². The largest absolute Gasteiger partial charge is 0.842 e. The van der Waals surface area contributed by atoms with Gasteiger partial charge in [-0.25, -0.2) is 18.7 Å². The molecule has 0 aliphatic heterocycles. The second-order valence-corrected chi connectivity index (χ2v) is 10.0. The van der Waals surface area contributed by atoms with Gasteiger partial charge in [0.25, 0.3) is 5.65 Å². The Bertz CT molecular complexity index is 1760. The molecule has 3 aromatic heterocycles. The van der Waals surface area contributed by atoms with Gasteiger partial charge in [-0.05, 0) is 73.9 Å². The number of aryl methyl sites for hydroxylation is 3. The molecule has 6 nitrogen and oxygen atoms in total. The summed E-state index contributed by atoms with van der Waals surface area (Å²) >= 11 is 1.48. The number of fused-ring (bicyclic) bond motifs is 1. The fraction of sp³-hybridized carbons (Fsp3) is 0.143. The average Bonchev–Trinajstić information content (AvgIpc) is 3.26. The number of rotatable bonds is 4. The molecule has 178 valence electrons. The summed E-state index contributed by atoms with van der Waals surface area (Å²) in [5.41, 5.74) is 2.64.